The van der Waals surface area contributed by atoms with Crippen molar-refractivity contribution >= 4 is 17.9 Å². The Morgan fingerprint density at radius 2 is 1.58 bits per heavy atom. The van der Waals surface area contributed by atoms with Crippen molar-refractivity contribution < 1.29 is 25.2 Å². The van der Waals surface area contributed by atoms with Crippen molar-refractivity contribution in [2.75, 3.05) is 0 Å². The van der Waals surface area contributed by atoms with Crippen LogP contribution in [-0.2, 0) is 4.79 Å². The lowest BCUT2D eigenvalue weighted by molar-refractivity contribution is -0.110. The number of allylic oxidation sites excluding steroid dienone is 3. The van der Waals surface area contributed by atoms with Gasteiger partial charge in [-0.25, -0.2) is 0 Å². The molecule has 5 heteroatoms. The van der Waals surface area contributed by atoms with Gasteiger partial charge < -0.3 is 20.4 Å². The molecule has 122 valence electrons. The van der Waals surface area contributed by atoms with Crippen LogP contribution in [0.5, 0.6) is 17.2 Å². The van der Waals surface area contributed by atoms with Gasteiger partial charge in [0.25, 0.3) is 0 Å². The standard InChI is InChI=1S/C19H16O5/c20-15(8-5-13-6-10-18(23)19(24)11-13)12-16(21)9-7-14-3-1-2-4-17(14)22/h1-12,20,22-24H/b8-5+,9-7+,15-12?. The summed E-state index contributed by atoms with van der Waals surface area (Å²) in [5, 5.41) is 37.9. The summed E-state index contributed by atoms with van der Waals surface area (Å²) < 4.78 is 0. The summed E-state index contributed by atoms with van der Waals surface area (Å²) in [5.41, 5.74) is 1.04. The number of benzene rings is 2. The fraction of sp³-hybridized carbons (Fsp3) is 0. The van der Waals surface area contributed by atoms with Gasteiger partial charge in [-0.3, -0.25) is 4.79 Å². The highest BCUT2D eigenvalue weighted by molar-refractivity contribution is 6.02. The smallest absolute Gasteiger partial charge is 0.182 e. The van der Waals surface area contributed by atoms with E-state index in [-0.39, 0.29) is 23.0 Å². The minimum atomic E-state index is -0.450. The van der Waals surface area contributed by atoms with Crippen molar-refractivity contribution in [2.45, 2.75) is 0 Å². The van der Waals surface area contributed by atoms with Crippen LogP contribution in [0.15, 0.2) is 66.5 Å². The third-order valence-corrected chi connectivity index (χ3v) is 3.10. The lowest BCUT2D eigenvalue weighted by atomic mass is 10.1. The monoisotopic (exact) mass is 324 g/mol. The number of hydrogen-bond acceptors (Lipinski definition) is 5. The third kappa shape index (κ3) is 4.78. The molecule has 0 saturated heterocycles. The van der Waals surface area contributed by atoms with Crippen molar-refractivity contribution in [3.05, 3.63) is 77.6 Å². The van der Waals surface area contributed by atoms with Gasteiger partial charge in [-0.2, -0.15) is 0 Å². The largest absolute Gasteiger partial charge is 0.508 e. The number of phenolic OH excluding ortho intramolecular Hbond substituents is 3. The molecule has 0 aliphatic rings. The first-order valence-corrected chi connectivity index (χ1v) is 7.06. The van der Waals surface area contributed by atoms with E-state index >= 15 is 0 Å². The number of hydrogen-bond donors (Lipinski definition) is 4. The van der Waals surface area contributed by atoms with Crippen molar-refractivity contribution in [3.8, 4) is 17.2 Å². The highest BCUT2D eigenvalue weighted by Gasteiger charge is 1.99. The van der Waals surface area contributed by atoms with Crippen LogP contribution in [0.3, 0.4) is 0 Å². The maximum atomic E-state index is 11.7. The van der Waals surface area contributed by atoms with Gasteiger partial charge >= 0.3 is 0 Å². The third-order valence-electron chi connectivity index (χ3n) is 3.10. The van der Waals surface area contributed by atoms with E-state index in [2.05, 4.69) is 0 Å². The van der Waals surface area contributed by atoms with E-state index in [9.17, 15) is 25.2 Å². The molecule has 0 atom stereocenters. The maximum absolute atomic E-state index is 11.7. The van der Waals surface area contributed by atoms with Crippen LogP contribution in [0.1, 0.15) is 11.1 Å². The van der Waals surface area contributed by atoms with E-state index in [1.807, 2.05) is 0 Å². The number of aliphatic hydroxyl groups is 1. The second-order valence-corrected chi connectivity index (χ2v) is 4.95. The summed E-state index contributed by atoms with van der Waals surface area (Å²) in [6, 6.07) is 10.7. The fourth-order valence-corrected chi connectivity index (χ4v) is 1.87. The number of aliphatic hydroxyl groups excluding tert-OH is 1. The number of aromatic hydroxyl groups is 3. The van der Waals surface area contributed by atoms with Gasteiger partial charge in [0.05, 0.1) is 0 Å². The van der Waals surface area contributed by atoms with Crippen LogP contribution in [-0.4, -0.2) is 26.2 Å². The maximum Gasteiger partial charge on any atom is 0.182 e. The van der Waals surface area contributed by atoms with Gasteiger partial charge in [0.2, 0.25) is 0 Å². The summed E-state index contributed by atoms with van der Waals surface area (Å²) in [6.45, 7) is 0. The SMILES string of the molecule is O=C(C=C(O)/C=C/c1ccc(O)c(O)c1)/C=C/c1ccccc1O. The van der Waals surface area contributed by atoms with Crippen molar-refractivity contribution in [1.29, 1.82) is 0 Å². The number of para-hydroxylation sites is 1. The zero-order valence-electron chi connectivity index (χ0n) is 12.6. The number of phenols is 3. The second-order valence-electron chi connectivity index (χ2n) is 4.95. The Bertz CT molecular complexity index is 831. The van der Waals surface area contributed by atoms with Crippen molar-refractivity contribution in [2.24, 2.45) is 0 Å². The first-order valence-electron chi connectivity index (χ1n) is 7.06. The molecule has 0 bridgehead atoms. The molecular weight excluding hydrogens is 308 g/mol. The molecule has 2 aromatic rings. The predicted molar refractivity (Wildman–Crippen MR) is 91.7 cm³/mol. The number of ketones is 1. The molecule has 0 radical (unpaired) electrons. The molecule has 0 aliphatic carbocycles. The lowest BCUT2D eigenvalue weighted by Gasteiger charge is -1.98. The molecule has 0 fully saturated rings. The van der Waals surface area contributed by atoms with Gasteiger partial charge in [-0.15, -0.1) is 0 Å². The molecule has 0 aliphatic heterocycles. The fourth-order valence-electron chi connectivity index (χ4n) is 1.87. The van der Waals surface area contributed by atoms with Gasteiger partial charge in [0, 0.05) is 11.6 Å². The van der Waals surface area contributed by atoms with E-state index in [4.69, 9.17) is 0 Å². The molecule has 24 heavy (non-hydrogen) atoms. The van der Waals surface area contributed by atoms with E-state index in [1.54, 1.807) is 24.3 Å². The summed E-state index contributed by atoms with van der Waals surface area (Å²) in [5.74, 6) is -1.18. The molecule has 0 aromatic heterocycles. The molecular formula is C19H16O5. The topological polar surface area (TPSA) is 98.0 Å². The molecule has 0 spiro atoms. The Morgan fingerprint density at radius 3 is 2.29 bits per heavy atom. The van der Waals surface area contributed by atoms with E-state index in [1.165, 1.54) is 42.5 Å². The Hall–Kier alpha value is -3.47. The highest BCUT2D eigenvalue weighted by Crippen LogP contribution is 2.25. The number of carbonyl (C=O) groups excluding carboxylic acids is 1. The van der Waals surface area contributed by atoms with Crippen molar-refractivity contribution in [1.82, 2.24) is 0 Å². The zero-order valence-corrected chi connectivity index (χ0v) is 12.6. The summed E-state index contributed by atoms with van der Waals surface area (Å²) in [6.07, 6.45) is 6.46. The summed E-state index contributed by atoms with van der Waals surface area (Å²) in [7, 11) is 0. The molecule has 2 aromatic carbocycles. The zero-order chi connectivity index (χ0) is 17.5. The van der Waals surface area contributed by atoms with Crippen molar-refractivity contribution in [3.63, 3.8) is 0 Å². The molecule has 2 rings (SSSR count). The molecule has 0 unspecified atom stereocenters. The molecule has 0 saturated carbocycles. The van der Waals surface area contributed by atoms with Crippen LogP contribution in [0.4, 0.5) is 0 Å². The van der Waals surface area contributed by atoms with Gasteiger partial charge in [0.1, 0.15) is 11.5 Å². The van der Waals surface area contributed by atoms with Gasteiger partial charge in [-0.05, 0) is 42.0 Å². The Balaban J connectivity index is 2.04. The average Bonchev–Trinajstić information content (AvgIpc) is 2.55. The average molecular weight is 324 g/mol. The molecule has 4 N–H and O–H groups in total. The van der Waals surface area contributed by atoms with Crippen LogP contribution in [0.2, 0.25) is 0 Å². The van der Waals surface area contributed by atoms with Gasteiger partial charge in [0.15, 0.2) is 17.3 Å². The summed E-state index contributed by atoms with van der Waals surface area (Å²) >= 11 is 0. The Labute approximate surface area is 138 Å². The van der Waals surface area contributed by atoms with E-state index < -0.39 is 5.78 Å². The second kappa shape index (κ2) is 7.69. The number of carbonyl (C=O) groups is 1. The quantitative estimate of drug-likeness (QED) is 0.292. The first-order chi connectivity index (χ1) is 11.5. The summed E-state index contributed by atoms with van der Waals surface area (Å²) in [4.78, 5) is 11.7. The molecule has 0 heterocycles. The van der Waals surface area contributed by atoms with Crippen LogP contribution < -0.4 is 0 Å². The predicted octanol–water partition coefficient (Wildman–Crippen LogP) is 3.54. The Kier molecular flexibility index (Phi) is 5.41. The van der Waals surface area contributed by atoms with Crippen LogP contribution in [0.25, 0.3) is 12.2 Å². The first kappa shape index (κ1) is 16.9. The normalized spacial score (nSPS) is 12.1. The lowest BCUT2D eigenvalue weighted by Crippen LogP contribution is -1.88. The van der Waals surface area contributed by atoms with E-state index in [0.717, 1.165) is 6.08 Å². The molecule has 0 amide bonds. The van der Waals surface area contributed by atoms with Gasteiger partial charge in [-0.1, -0.05) is 30.3 Å². The minimum absolute atomic E-state index is 0.0572. The van der Waals surface area contributed by atoms with E-state index in [0.29, 0.717) is 11.1 Å². The van der Waals surface area contributed by atoms with Crippen LogP contribution in [0, 0.1) is 0 Å². The number of rotatable bonds is 5. The molecule has 5 nitrogen and oxygen atoms in total. The minimum Gasteiger partial charge on any atom is -0.508 e. The Morgan fingerprint density at radius 1 is 0.833 bits per heavy atom. The highest BCUT2D eigenvalue weighted by atomic mass is 16.3. The van der Waals surface area contributed by atoms with Crippen LogP contribution >= 0.6 is 0 Å².